The summed E-state index contributed by atoms with van der Waals surface area (Å²) in [5.74, 6) is -0.0546. The van der Waals surface area contributed by atoms with Crippen LogP contribution in [0.2, 0.25) is 0 Å². The highest BCUT2D eigenvalue weighted by Gasteiger charge is 2.26. The van der Waals surface area contributed by atoms with E-state index >= 15 is 0 Å². The Bertz CT molecular complexity index is 985. The minimum atomic E-state index is -0.112. The summed E-state index contributed by atoms with van der Waals surface area (Å²) in [7, 11) is 0. The van der Waals surface area contributed by atoms with Gasteiger partial charge in [0.05, 0.1) is 17.2 Å². The number of carbonyl (C=O) groups is 1. The Kier molecular flexibility index (Phi) is 5.15. The van der Waals surface area contributed by atoms with E-state index in [-0.39, 0.29) is 23.9 Å². The third-order valence-electron chi connectivity index (χ3n) is 4.89. The molecule has 8 heteroatoms. The van der Waals surface area contributed by atoms with Gasteiger partial charge in [0, 0.05) is 43.7 Å². The third kappa shape index (κ3) is 3.85. The van der Waals surface area contributed by atoms with Crippen molar-refractivity contribution in [3.8, 4) is 0 Å². The van der Waals surface area contributed by atoms with Crippen molar-refractivity contribution in [1.82, 2.24) is 19.9 Å². The first-order chi connectivity index (χ1) is 13.2. The van der Waals surface area contributed by atoms with Crippen LogP contribution >= 0.6 is 11.3 Å². The van der Waals surface area contributed by atoms with Crippen molar-refractivity contribution < 1.29 is 4.79 Å². The molecule has 27 heavy (non-hydrogen) atoms. The number of para-hydroxylation sites is 1. The predicted octanol–water partition coefficient (Wildman–Crippen LogP) is 2.03. The van der Waals surface area contributed by atoms with E-state index in [1.165, 1.54) is 10.9 Å². The van der Waals surface area contributed by atoms with Crippen LogP contribution < -0.4 is 15.8 Å². The highest BCUT2D eigenvalue weighted by Crippen LogP contribution is 2.26. The second-order valence-electron chi connectivity index (χ2n) is 6.62. The smallest absolute Gasteiger partial charge is 0.261 e. The van der Waals surface area contributed by atoms with Crippen molar-refractivity contribution in [3.63, 3.8) is 0 Å². The summed E-state index contributed by atoms with van der Waals surface area (Å²) in [5, 5.41) is 6.56. The molecule has 3 aromatic rings. The van der Waals surface area contributed by atoms with Crippen molar-refractivity contribution in [1.29, 1.82) is 0 Å². The molecular weight excluding hydrogens is 362 g/mol. The van der Waals surface area contributed by atoms with Crippen molar-refractivity contribution >= 4 is 33.3 Å². The number of aromatic nitrogens is 3. The maximum Gasteiger partial charge on any atom is 0.261 e. The van der Waals surface area contributed by atoms with Crippen LogP contribution in [0.3, 0.4) is 0 Å². The average molecular weight is 383 g/mol. The lowest BCUT2D eigenvalue weighted by Gasteiger charge is -2.24. The lowest BCUT2D eigenvalue weighted by molar-refractivity contribution is -0.121. The van der Waals surface area contributed by atoms with Crippen LogP contribution in [0.5, 0.6) is 0 Å². The first-order valence-corrected chi connectivity index (χ1v) is 9.97. The molecule has 0 saturated carbocycles. The quantitative estimate of drug-likeness (QED) is 0.704. The molecule has 0 bridgehead atoms. The summed E-state index contributed by atoms with van der Waals surface area (Å²) in [5.41, 5.74) is 0.561. The number of carbonyl (C=O) groups excluding carboxylic acids is 1. The average Bonchev–Trinajstić information content (AvgIpc) is 3.37. The van der Waals surface area contributed by atoms with E-state index < -0.39 is 0 Å². The third-order valence-corrected chi connectivity index (χ3v) is 5.70. The highest BCUT2D eigenvalue weighted by atomic mass is 32.1. The number of nitrogens with zero attached hydrogens (tertiary/aromatic N) is 4. The van der Waals surface area contributed by atoms with E-state index in [1.807, 2.05) is 29.8 Å². The molecule has 0 aliphatic carbocycles. The molecule has 3 heterocycles. The highest BCUT2D eigenvalue weighted by molar-refractivity contribution is 7.13. The van der Waals surface area contributed by atoms with Crippen LogP contribution in [0, 0.1) is 0 Å². The maximum atomic E-state index is 12.5. The monoisotopic (exact) mass is 383 g/mol. The lowest BCUT2D eigenvalue weighted by Crippen LogP contribution is -2.40. The maximum absolute atomic E-state index is 12.5. The normalized spacial score (nSPS) is 16.7. The zero-order valence-corrected chi connectivity index (χ0v) is 15.7. The van der Waals surface area contributed by atoms with Crippen LogP contribution in [0.1, 0.15) is 19.3 Å². The van der Waals surface area contributed by atoms with Crippen LogP contribution in [0.25, 0.3) is 10.9 Å². The lowest BCUT2D eigenvalue weighted by atomic mass is 10.2. The van der Waals surface area contributed by atoms with Gasteiger partial charge in [-0.3, -0.25) is 14.2 Å². The van der Waals surface area contributed by atoms with E-state index in [4.69, 9.17) is 0 Å². The number of nitrogens with one attached hydrogen (secondary N) is 1. The topological polar surface area (TPSA) is 80.1 Å². The summed E-state index contributed by atoms with van der Waals surface area (Å²) in [6, 6.07) is 7.52. The fourth-order valence-electron chi connectivity index (χ4n) is 3.46. The molecule has 1 aliphatic heterocycles. The van der Waals surface area contributed by atoms with Crippen molar-refractivity contribution in [2.45, 2.75) is 31.8 Å². The van der Waals surface area contributed by atoms with Gasteiger partial charge in [0.25, 0.3) is 5.56 Å². The van der Waals surface area contributed by atoms with Gasteiger partial charge in [-0.1, -0.05) is 12.1 Å². The Hall–Kier alpha value is -2.74. The summed E-state index contributed by atoms with van der Waals surface area (Å²) >= 11 is 1.63. The molecule has 1 atom stereocenters. The van der Waals surface area contributed by atoms with Crippen molar-refractivity contribution in [2.24, 2.45) is 0 Å². The standard InChI is InChI=1S/C19H21N5O2S/c25-17(21-12-14-4-3-9-24(14)19-20-8-11-27-19)7-10-23-13-22-16-6-2-1-5-15(16)18(23)26/h1-2,5-6,8,11,13-14H,3-4,7,9-10,12H2,(H,21,25). The number of hydrogen-bond acceptors (Lipinski definition) is 6. The number of fused-ring (bicyclic) bond motifs is 1. The number of hydrogen-bond donors (Lipinski definition) is 1. The Morgan fingerprint density at radius 2 is 2.19 bits per heavy atom. The zero-order chi connectivity index (χ0) is 18.6. The van der Waals surface area contributed by atoms with Crippen molar-refractivity contribution in [3.05, 3.63) is 52.5 Å². The van der Waals surface area contributed by atoms with Crippen LogP contribution in [-0.4, -0.2) is 39.6 Å². The number of benzene rings is 1. The molecule has 0 spiro atoms. The molecule has 1 N–H and O–H groups in total. The van der Waals surface area contributed by atoms with Gasteiger partial charge < -0.3 is 10.2 Å². The number of anilines is 1. The molecule has 1 unspecified atom stereocenters. The van der Waals surface area contributed by atoms with Gasteiger partial charge in [0.15, 0.2) is 5.13 Å². The molecule has 4 rings (SSSR count). The number of aryl methyl sites for hydroxylation is 1. The SMILES string of the molecule is O=C(CCn1cnc2ccccc2c1=O)NCC1CCCN1c1nccs1. The molecule has 1 fully saturated rings. The summed E-state index contributed by atoms with van der Waals surface area (Å²) in [6.07, 6.45) is 5.73. The Morgan fingerprint density at radius 3 is 3.04 bits per heavy atom. The molecular formula is C19H21N5O2S. The van der Waals surface area contributed by atoms with Crippen LogP contribution in [-0.2, 0) is 11.3 Å². The second kappa shape index (κ2) is 7.87. The van der Waals surface area contributed by atoms with E-state index in [0.29, 0.717) is 24.0 Å². The largest absolute Gasteiger partial charge is 0.354 e. The van der Waals surface area contributed by atoms with Gasteiger partial charge in [-0.2, -0.15) is 0 Å². The van der Waals surface area contributed by atoms with Gasteiger partial charge in [-0.05, 0) is 25.0 Å². The van der Waals surface area contributed by atoms with E-state index in [2.05, 4.69) is 20.2 Å². The van der Waals surface area contributed by atoms with E-state index in [0.717, 1.165) is 24.5 Å². The van der Waals surface area contributed by atoms with Crippen LogP contribution in [0.4, 0.5) is 5.13 Å². The molecule has 140 valence electrons. The molecule has 1 aromatic carbocycles. The first kappa shape index (κ1) is 17.7. The van der Waals surface area contributed by atoms with Gasteiger partial charge in [0.2, 0.25) is 5.91 Å². The number of rotatable bonds is 6. The summed E-state index contributed by atoms with van der Waals surface area (Å²) in [6.45, 7) is 1.90. The van der Waals surface area contributed by atoms with Crippen LogP contribution in [0.15, 0.2) is 47.0 Å². The van der Waals surface area contributed by atoms with E-state index in [1.54, 1.807) is 17.4 Å². The number of amides is 1. The molecule has 7 nitrogen and oxygen atoms in total. The van der Waals surface area contributed by atoms with Gasteiger partial charge in [-0.15, -0.1) is 11.3 Å². The van der Waals surface area contributed by atoms with Gasteiger partial charge in [-0.25, -0.2) is 9.97 Å². The number of thiazole rings is 1. The molecule has 1 amide bonds. The minimum Gasteiger partial charge on any atom is -0.354 e. The first-order valence-electron chi connectivity index (χ1n) is 9.09. The van der Waals surface area contributed by atoms with Crippen molar-refractivity contribution in [2.75, 3.05) is 18.0 Å². The Labute approximate surface area is 160 Å². The Morgan fingerprint density at radius 1 is 1.30 bits per heavy atom. The molecule has 2 aromatic heterocycles. The second-order valence-corrected chi connectivity index (χ2v) is 7.49. The Balaban J connectivity index is 1.32. The molecule has 1 aliphatic rings. The fraction of sp³-hybridized carbons (Fsp3) is 0.368. The van der Waals surface area contributed by atoms with E-state index in [9.17, 15) is 9.59 Å². The van der Waals surface area contributed by atoms with Gasteiger partial charge in [0.1, 0.15) is 0 Å². The summed E-state index contributed by atoms with van der Waals surface area (Å²) < 4.78 is 1.50. The minimum absolute atomic E-state index is 0.0546. The fourth-order valence-corrected chi connectivity index (χ4v) is 4.21. The van der Waals surface area contributed by atoms with Gasteiger partial charge >= 0.3 is 0 Å². The predicted molar refractivity (Wildman–Crippen MR) is 106 cm³/mol. The molecule has 0 radical (unpaired) electrons. The zero-order valence-electron chi connectivity index (χ0n) is 14.9. The summed E-state index contributed by atoms with van der Waals surface area (Å²) in [4.78, 5) is 35.6. The molecule has 1 saturated heterocycles.